The number of benzene rings is 1. The van der Waals surface area contributed by atoms with Crippen molar-refractivity contribution in [1.82, 2.24) is 20.3 Å². The van der Waals surface area contributed by atoms with Gasteiger partial charge in [-0.15, -0.1) is 5.10 Å². The van der Waals surface area contributed by atoms with E-state index in [1.54, 1.807) is 38.3 Å². The van der Waals surface area contributed by atoms with Gasteiger partial charge in [0.1, 0.15) is 18.4 Å². The topological polar surface area (TPSA) is 116 Å². The van der Waals surface area contributed by atoms with Crippen molar-refractivity contribution in [3.63, 3.8) is 0 Å². The maximum absolute atomic E-state index is 12.4. The molecule has 1 amide bonds. The molecule has 1 unspecified atom stereocenters. The van der Waals surface area contributed by atoms with Gasteiger partial charge in [0.25, 0.3) is 5.91 Å². The van der Waals surface area contributed by atoms with E-state index in [4.69, 9.17) is 9.47 Å². The first kappa shape index (κ1) is 20.4. The first-order valence-electron chi connectivity index (χ1n) is 8.66. The Balaban J connectivity index is 2.11. The number of carbonyl (C=O) groups excluding carboxylic acids is 1. The zero-order valence-electron chi connectivity index (χ0n) is 15.6. The van der Waals surface area contributed by atoms with Gasteiger partial charge in [0.15, 0.2) is 5.69 Å². The first-order valence-corrected chi connectivity index (χ1v) is 8.66. The number of hydrogen-bond donors (Lipinski definition) is 2. The molecule has 0 aliphatic heterocycles. The van der Waals surface area contributed by atoms with E-state index in [0.717, 1.165) is 0 Å². The Morgan fingerprint density at radius 3 is 2.52 bits per heavy atom. The van der Waals surface area contributed by atoms with Crippen molar-refractivity contribution in [2.45, 2.75) is 32.7 Å². The second-order valence-electron chi connectivity index (χ2n) is 5.91. The molecule has 1 heterocycles. The quantitative estimate of drug-likeness (QED) is 0.605. The molecule has 1 aromatic carbocycles. The number of aromatic nitrogens is 3. The number of aliphatic carboxylic acids is 1. The fourth-order valence-electron chi connectivity index (χ4n) is 2.40. The highest BCUT2D eigenvalue weighted by Gasteiger charge is 2.23. The van der Waals surface area contributed by atoms with Gasteiger partial charge in [-0.3, -0.25) is 4.79 Å². The van der Waals surface area contributed by atoms with Crippen LogP contribution in [0.5, 0.6) is 5.75 Å². The average molecular weight is 376 g/mol. The molecule has 9 nitrogen and oxygen atoms in total. The second kappa shape index (κ2) is 9.67. The predicted octanol–water partition coefficient (Wildman–Crippen LogP) is 1.58. The lowest BCUT2D eigenvalue weighted by Crippen LogP contribution is -2.41. The normalized spacial score (nSPS) is 11.8. The van der Waals surface area contributed by atoms with Crippen molar-refractivity contribution in [2.75, 3.05) is 20.3 Å². The fourth-order valence-corrected chi connectivity index (χ4v) is 2.40. The molecule has 9 heteroatoms. The summed E-state index contributed by atoms with van der Waals surface area (Å²) in [6.07, 6.45) is 0.987. The lowest BCUT2D eigenvalue weighted by molar-refractivity contribution is -0.139. The van der Waals surface area contributed by atoms with E-state index < -0.39 is 17.9 Å². The average Bonchev–Trinajstić information content (AvgIpc) is 3.04. The molecular weight excluding hydrogens is 352 g/mol. The second-order valence-corrected chi connectivity index (χ2v) is 5.91. The Kier molecular flexibility index (Phi) is 7.30. The number of carboxylic acid groups (broad SMARTS) is 1. The molecule has 1 atom stereocenters. The molecule has 0 spiro atoms. The Morgan fingerprint density at radius 2 is 1.93 bits per heavy atom. The van der Waals surface area contributed by atoms with Gasteiger partial charge in [-0.2, -0.15) is 9.90 Å². The van der Waals surface area contributed by atoms with E-state index in [1.165, 1.54) is 4.80 Å². The molecule has 27 heavy (non-hydrogen) atoms. The summed E-state index contributed by atoms with van der Waals surface area (Å²) in [7, 11) is 1.60. The third-order valence-corrected chi connectivity index (χ3v) is 3.80. The molecule has 0 aliphatic rings. The molecular formula is C18H24N4O5. The van der Waals surface area contributed by atoms with E-state index in [0.29, 0.717) is 43.2 Å². The monoisotopic (exact) mass is 376 g/mol. The third kappa shape index (κ3) is 5.52. The summed E-state index contributed by atoms with van der Waals surface area (Å²) >= 11 is 0. The van der Waals surface area contributed by atoms with Crippen LogP contribution in [0.25, 0.3) is 5.69 Å². The molecule has 2 rings (SSSR count). The summed E-state index contributed by atoms with van der Waals surface area (Å²) in [4.78, 5) is 24.9. The highest BCUT2D eigenvalue weighted by Crippen LogP contribution is 2.15. The van der Waals surface area contributed by atoms with Crippen LogP contribution in [-0.4, -0.2) is 58.3 Å². The summed E-state index contributed by atoms with van der Waals surface area (Å²) in [6, 6.07) is 6.12. The van der Waals surface area contributed by atoms with Crippen LogP contribution in [0.1, 0.15) is 35.9 Å². The number of carbonyl (C=O) groups is 2. The molecule has 0 saturated heterocycles. The van der Waals surface area contributed by atoms with Crippen molar-refractivity contribution >= 4 is 11.9 Å². The largest absolute Gasteiger partial charge is 0.491 e. The van der Waals surface area contributed by atoms with Gasteiger partial charge in [-0.1, -0.05) is 13.3 Å². The number of carboxylic acids is 1. The number of methoxy groups -OCH3 is 1. The maximum atomic E-state index is 12.4. The van der Waals surface area contributed by atoms with E-state index in [-0.39, 0.29) is 5.69 Å². The predicted molar refractivity (Wildman–Crippen MR) is 97.3 cm³/mol. The summed E-state index contributed by atoms with van der Waals surface area (Å²) in [5.41, 5.74) is 1.16. The minimum atomic E-state index is -1.07. The van der Waals surface area contributed by atoms with E-state index in [1.807, 2.05) is 6.92 Å². The highest BCUT2D eigenvalue weighted by molar-refractivity contribution is 5.95. The zero-order chi connectivity index (χ0) is 19.8. The summed E-state index contributed by atoms with van der Waals surface area (Å²) in [5, 5.41) is 20.1. The lowest BCUT2D eigenvalue weighted by Gasteiger charge is -2.12. The molecule has 0 bridgehead atoms. The van der Waals surface area contributed by atoms with E-state index >= 15 is 0 Å². The zero-order valence-corrected chi connectivity index (χ0v) is 15.6. The van der Waals surface area contributed by atoms with E-state index in [9.17, 15) is 14.7 Å². The smallest absolute Gasteiger partial charge is 0.326 e. The third-order valence-electron chi connectivity index (χ3n) is 3.80. The number of nitrogens with one attached hydrogen (secondary N) is 1. The van der Waals surface area contributed by atoms with Crippen molar-refractivity contribution in [3.05, 3.63) is 35.7 Å². The van der Waals surface area contributed by atoms with Crippen LogP contribution in [0.2, 0.25) is 0 Å². The first-order chi connectivity index (χ1) is 13.0. The van der Waals surface area contributed by atoms with Crippen molar-refractivity contribution < 1.29 is 24.2 Å². The molecule has 2 aromatic rings. The molecule has 0 fully saturated rings. The Morgan fingerprint density at radius 1 is 1.22 bits per heavy atom. The van der Waals surface area contributed by atoms with Gasteiger partial charge in [-0.05, 0) is 37.6 Å². The SMILES string of the molecule is CCCC(NC(=O)c1nn(-c2ccc(OCCOC)cc2)nc1C)C(=O)O. The summed E-state index contributed by atoms with van der Waals surface area (Å²) in [5.74, 6) is -0.945. The van der Waals surface area contributed by atoms with Gasteiger partial charge in [0.05, 0.1) is 18.0 Å². The number of ether oxygens (including phenoxy) is 2. The number of aryl methyl sites for hydroxylation is 1. The standard InChI is InChI=1S/C18H24N4O5/c1-4-5-15(18(24)25)19-17(23)16-12(2)20-22(21-16)13-6-8-14(9-7-13)27-11-10-26-3/h6-9,15H,4-5,10-11H2,1-3H3,(H,19,23)(H,24,25). The van der Waals surface area contributed by atoms with Crippen molar-refractivity contribution in [3.8, 4) is 11.4 Å². The van der Waals surface area contributed by atoms with Crippen LogP contribution >= 0.6 is 0 Å². The number of amides is 1. The molecule has 0 radical (unpaired) electrons. The van der Waals surface area contributed by atoms with Crippen molar-refractivity contribution in [1.29, 1.82) is 0 Å². The van der Waals surface area contributed by atoms with E-state index in [2.05, 4.69) is 15.5 Å². The Bertz CT molecular complexity index is 773. The number of hydrogen-bond acceptors (Lipinski definition) is 6. The minimum absolute atomic E-state index is 0.0952. The highest BCUT2D eigenvalue weighted by atomic mass is 16.5. The van der Waals surface area contributed by atoms with Gasteiger partial charge < -0.3 is 19.9 Å². The maximum Gasteiger partial charge on any atom is 0.326 e. The van der Waals surface area contributed by atoms with Gasteiger partial charge in [0, 0.05) is 7.11 Å². The molecule has 146 valence electrons. The minimum Gasteiger partial charge on any atom is -0.491 e. The van der Waals surface area contributed by atoms with Crippen LogP contribution in [0.15, 0.2) is 24.3 Å². The molecule has 0 aliphatic carbocycles. The Hall–Kier alpha value is -2.94. The van der Waals surface area contributed by atoms with Crippen LogP contribution in [0.4, 0.5) is 0 Å². The fraction of sp³-hybridized carbons (Fsp3) is 0.444. The van der Waals surface area contributed by atoms with Gasteiger partial charge in [-0.25, -0.2) is 4.79 Å². The lowest BCUT2D eigenvalue weighted by atomic mass is 10.1. The number of rotatable bonds is 10. The summed E-state index contributed by atoms with van der Waals surface area (Å²) in [6.45, 7) is 4.44. The molecule has 1 aromatic heterocycles. The van der Waals surface area contributed by atoms with Gasteiger partial charge in [0.2, 0.25) is 0 Å². The van der Waals surface area contributed by atoms with Crippen LogP contribution in [-0.2, 0) is 9.53 Å². The number of nitrogens with zero attached hydrogens (tertiary/aromatic N) is 3. The van der Waals surface area contributed by atoms with Crippen LogP contribution in [0.3, 0.4) is 0 Å². The molecule has 2 N–H and O–H groups in total. The van der Waals surface area contributed by atoms with Crippen LogP contribution in [0, 0.1) is 6.92 Å². The van der Waals surface area contributed by atoms with Gasteiger partial charge >= 0.3 is 5.97 Å². The Labute approximate surface area is 157 Å². The summed E-state index contributed by atoms with van der Waals surface area (Å²) < 4.78 is 10.4. The molecule has 0 saturated carbocycles. The van der Waals surface area contributed by atoms with Crippen LogP contribution < -0.4 is 10.1 Å². The van der Waals surface area contributed by atoms with Crippen molar-refractivity contribution in [2.24, 2.45) is 0 Å².